The van der Waals surface area contributed by atoms with E-state index in [1.54, 1.807) is 6.92 Å². The number of ketones is 1. The van der Waals surface area contributed by atoms with Gasteiger partial charge in [0.15, 0.2) is 0 Å². The van der Waals surface area contributed by atoms with Crippen molar-refractivity contribution in [3.63, 3.8) is 0 Å². The molecule has 3 fully saturated rings. The minimum absolute atomic E-state index is 0.0551. The summed E-state index contributed by atoms with van der Waals surface area (Å²) in [6.07, 6.45) is 11.8. The fourth-order valence-electron chi connectivity index (χ4n) is 6.45. The molecule has 0 heterocycles. The molecule has 0 aromatic heterocycles. The van der Waals surface area contributed by atoms with Gasteiger partial charge in [0, 0.05) is 5.92 Å². The van der Waals surface area contributed by atoms with Gasteiger partial charge in [-0.15, -0.1) is 0 Å². The van der Waals surface area contributed by atoms with E-state index < -0.39 is 0 Å². The predicted octanol–water partition coefficient (Wildman–Crippen LogP) is 4.99. The van der Waals surface area contributed by atoms with Crippen LogP contribution in [-0.2, 0) is 4.79 Å². The summed E-state index contributed by atoms with van der Waals surface area (Å²) >= 11 is 0. The molecular formula is C21H36O2. The van der Waals surface area contributed by atoms with E-state index in [1.165, 1.54) is 38.5 Å². The van der Waals surface area contributed by atoms with Gasteiger partial charge in [0.1, 0.15) is 5.78 Å². The highest BCUT2D eigenvalue weighted by Crippen LogP contribution is 2.58. The van der Waals surface area contributed by atoms with Crippen molar-refractivity contribution in [2.45, 2.75) is 91.1 Å². The molecule has 7 unspecified atom stereocenters. The zero-order chi connectivity index (χ0) is 16.6. The average molecular weight is 321 g/mol. The van der Waals surface area contributed by atoms with Crippen LogP contribution in [0.15, 0.2) is 0 Å². The van der Waals surface area contributed by atoms with Crippen molar-refractivity contribution >= 4 is 5.78 Å². The molecule has 0 amide bonds. The van der Waals surface area contributed by atoms with Crippen molar-refractivity contribution in [1.29, 1.82) is 0 Å². The first-order valence-electron chi connectivity index (χ1n) is 10.1. The Hall–Kier alpha value is -0.370. The van der Waals surface area contributed by atoms with Crippen LogP contribution >= 0.6 is 0 Å². The first-order valence-corrected chi connectivity index (χ1v) is 10.1. The van der Waals surface area contributed by atoms with Gasteiger partial charge in [-0.05, 0) is 93.8 Å². The van der Waals surface area contributed by atoms with Crippen molar-refractivity contribution in [2.75, 3.05) is 0 Å². The highest BCUT2D eigenvalue weighted by molar-refractivity contribution is 5.78. The second-order valence-corrected chi connectivity index (χ2v) is 9.27. The van der Waals surface area contributed by atoms with Crippen LogP contribution in [-0.4, -0.2) is 17.0 Å². The van der Waals surface area contributed by atoms with Crippen LogP contribution in [0.25, 0.3) is 0 Å². The van der Waals surface area contributed by atoms with Crippen LogP contribution in [0.3, 0.4) is 0 Å². The second kappa shape index (κ2) is 6.86. The number of hydrogen-bond acceptors (Lipinski definition) is 2. The molecule has 23 heavy (non-hydrogen) atoms. The number of hydrogen-bond donors (Lipinski definition) is 1. The van der Waals surface area contributed by atoms with E-state index in [2.05, 4.69) is 13.8 Å². The number of fused-ring (bicyclic) bond motifs is 3. The molecule has 132 valence electrons. The van der Waals surface area contributed by atoms with Crippen molar-refractivity contribution in [3.05, 3.63) is 0 Å². The molecule has 3 rings (SSSR count). The Morgan fingerprint density at radius 2 is 1.83 bits per heavy atom. The van der Waals surface area contributed by atoms with Crippen molar-refractivity contribution < 1.29 is 9.90 Å². The lowest BCUT2D eigenvalue weighted by molar-refractivity contribution is -0.121. The molecule has 0 aromatic carbocycles. The Bertz CT molecular complexity index is 432. The number of carbonyl (C=O) groups excluding carboxylic acids is 1. The highest BCUT2D eigenvalue weighted by Gasteiger charge is 2.51. The van der Waals surface area contributed by atoms with Crippen molar-refractivity contribution in [1.82, 2.24) is 0 Å². The summed E-state index contributed by atoms with van der Waals surface area (Å²) < 4.78 is 0. The van der Waals surface area contributed by atoms with Gasteiger partial charge in [-0.2, -0.15) is 0 Å². The van der Waals surface area contributed by atoms with Gasteiger partial charge < -0.3 is 5.11 Å². The molecule has 2 nitrogen and oxygen atoms in total. The lowest BCUT2D eigenvalue weighted by Gasteiger charge is -2.56. The smallest absolute Gasteiger partial charge is 0.132 e. The monoisotopic (exact) mass is 320 g/mol. The average Bonchev–Trinajstić information content (AvgIpc) is 2.58. The van der Waals surface area contributed by atoms with Crippen molar-refractivity contribution in [2.24, 2.45) is 35.0 Å². The summed E-state index contributed by atoms with van der Waals surface area (Å²) in [4.78, 5) is 11.9. The number of aliphatic hydroxyl groups excluding tert-OH is 1. The molecule has 1 N–H and O–H groups in total. The van der Waals surface area contributed by atoms with Gasteiger partial charge in [0.05, 0.1) is 6.10 Å². The summed E-state index contributed by atoms with van der Waals surface area (Å²) in [6.45, 7) is 6.77. The van der Waals surface area contributed by atoms with E-state index in [4.69, 9.17) is 0 Å². The maximum Gasteiger partial charge on any atom is 0.132 e. The molecule has 3 aliphatic carbocycles. The summed E-state index contributed by atoms with van der Waals surface area (Å²) in [6, 6.07) is 0. The molecule has 0 aliphatic heterocycles. The Labute approximate surface area is 142 Å². The van der Waals surface area contributed by atoms with Crippen LogP contribution in [0, 0.1) is 35.0 Å². The van der Waals surface area contributed by atoms with E-state index >= 15 is 0 Å². The summed E-state index contributed by atoms with van der Waals surface area (Å²) in [5, 5.41) is 10.1. The Balaban J connectivity index is 1.80. The van der Waals surface area contributed by atoms with Crippen LogP contribution in [0.5, 0.6) is 0 Å². The van der Waals surface area contributed by atoms with Crippen LogP contribution in [0.4, 0.5) is 0 Å². The number of Topliss-reactive ketones (excluding diaryl/α,β-unsaturated/α-hetero) is 1. The van der Waals surface area contributed by atoms with Gasteiger partial charge in [-0.1, -0.05) is 20.3 Å². The van der Waals surface area contributed by atoms with Crippen molar-refractivity contribution in [3.8, 4) is 0 Å². The number of rotatable bonds is 1. The quantitative estimate of drug-likeness (QED) is 0.739. The largest absolute Gasteiger partial charge is 0.393 e. The van der Waals surface area contributed by atoms with E-state index in [0.717, 1.165) is 49.4 Å². The molecule has 3 aliphatic rings. The normalized spacial score (nSPS) is 48.3. The first-order chi connectivity index (χ1) is 10.9. The van der Waals surface area contributed by atoms with Gasteiger partial charge in [0.25, 0.3) is 0 Å². The van der Waals surface area contributed by atoms with E-state index in [-0.39, 0.29) is 6.10 Å². The molecule has 2 heteroatoms. The third-order valence-corrected chi connectivity index (χ3v) is 8.06. The molecule has 0 saturated heterocycles. The molecule has 0 spiro atoms. The van der Waals surface area contributed by atoms with Gasteiger partial charge in [0.2, 0.25) is 0 Å². The lowest BCUT2D eigenvalue weighted by atomic mass is 9.50. The fourth-order valence-corrected chi connectivity index (χ4v) is 6.45. The Morgan fingerprint density at radius 3 is 2.57 bits per heavy atom. The van der Waals surface area contributed by atoms with E-state index in [1.807, 2.05) is 0 Å². The molecule has 0 aromatic rings. The number of carbonyl (C=O) groups is 1. The van der Waals surface area contributed by atoms with E-state index in [0.29, 0.717) is 17.1 Å². The molecule has 3 saturated carbocycles. The molecule has 0 bridgehead atoms. The minimum Gasteiger partial charge on any atom is -0.393 e. The number of aliphatic hydroxyl groups is 1. The summed E-state index contributed by atoms with van der Waals surface area (Å²) in [7, 11) is 0. The second-order valence-electron chi connectivity index (χ2n) is 9.27. The fraction of sp³-hybridized carbons (Fsp3) is 0.952. The molecule has 0 radical (unpaired) electrons. The zero-order valence-corrected chi connectivity index (χ0v) is 15.4. The lowest BCUT2D eigenvalue weighted by Crippen LogP contribution is -2.49. The third-order valence-electron chi connectivity index (χ3n) is 8.06. The SMILES string of the molecule is CC(=O)C1CCCC2C(CCC3CC(O)CCC32C)C(C)CC1. The van der Waals surface area contributed by atoms with Gasteiger partial charge in [-0.25, -0.2) is 0 Å². The topological polar surface area (TPSA) is 37.3 Å². The minimum atomic E-state index is -0.0551. The predicted molar refractivity (Wildman–Crippen MR) is 94.1 cm³/mol. The highest BCUT2D eigenvalue weighted by atomic mass is 16.3. The molecule has 7 atom stereocenters. The van der Waals surface area contributed by atoms with Crippen LogP contribution < -0.4 is 0 Å². The first kappa shape index (κ1) is 17.5. The standard InChI is InChI=1S/C21H36O2/c1-14-7-8-16(15(2)22)5-4-6-20-19(14)10-9-17-13-18(23)11-12-21(17,20)3/h14,16-20,23H,4-13H2,1-3H3. The Kier molecular flexibility index (Phi) is 5.21. The third kappa shape index (κ3) is 3.38. The zero-order valence-electron chi connectivity index (χ0n) is 15.4. The molecular weight excluding hydrogens is 284 g/mol. The van der Waals surface area contributed by atoms with Crippen LogP contribution in [0.2, 0.25) is 0 Å². The van der Waals surface area contributed by atoms with Gasteiger partial charge in [-0.3, -0.25) is 4.79 Å². The summed E-state index contributed by atoms with van der Waals surface area (Å²) in [5.74, 6) is 3.86. The summed E-state index contributed by atoms with van der Waals surface area (Å²) in [5.41, 5.74) is 0.437. The Morgan fingerprint density at radius 1 is 1.04 bits per heavy atom. The van der Waals surface area contributed by atoms with Crippen LogP contribution in [0.1, 0.15) is 85.0 Å². The van der Waals surface area contributed by atoms with Gasteiger partial charge >= 0.3 is 0 Å². The maximum absolute atomic E-state index is 11.9. The van der Waals surface area contributed by atoms with E-state index in [9.17, 15) is 9.90 Å². The maximum atomic E-state index is 11.9.